The number of nitriles is 1. The molecule has 17 heavy (non-hydrogen) atoms. The van der Waals surface area contributed by atoms with Crippen molar-refractivity contribution in [3.8, 4) is 6.07 Å². The van der Waals surface area contributed by atoms with Crippen LogP contribution in [0.2, 0.25) is 0 Å². The average Bonchev–Trinajstić information content (AvgIpc) is 2.31. The minimum Gasteiger partial charge on any atom is -0.377 e. The Balaban J connectivity index is 2.99. The largest absolute Gasteiger partial charge is 0.377 e. The van der Waals surface area contributed by atoms with Crippen LogP contribution in [0.4, 0.5) is 0 Å². The van der Waals surface area contributed by atoms with Crippen LogP contribution in [-0.2, 0) is 9.53 Å². The van der Waals surface area contributed by atoms with E-state index < -0.39 is 5.41 Å². The lowest BCUT2D eigenvalue weighted by molar-refractivity contribution is -0.154. The molecule has 4 nitrogen and oxygen atoms in total. The van der Waals surface area contributed by atoms with Gasteiger partial charge in [0.15, 0.2) is 0 Å². The van der Waals surface area contributed by atoms with Crippen LogP contribution in [0.25, 0.3) is 0 Å². The van der Waals surface area contributed by atoms with Gasteiger partial charge in [-0.15, -0.1) is 0 Å². The van der Waals surface area contributed by atoms with Crippen LogP contribution < -0.4 is 0 Å². The molecule has 0 saturated carbocycles. The molecule has 1 saturated heterocycles. The van der Waals surface area contributed by atoms with Crippen molar-refractivity contribution in [2.24, 2.45) is 5.41 Å². The third-order valence-corrected chi connectivity index (χ3v) is 3.72. The molecule has 0 N–H and O–H groups in total. The van der Waals surface area contributed by atoms with E-state index in [0.717, 1.165) is 0 Å². The smallest absolute Gasteiger partial charge is 0.243 e. The lowest BCUT2D eigenvalue weighted by Crippen LogP contribution is -2.59. The van der Waals surface area contributed by atoms with Gasteiger partial charge in [-0.3, -0.25) is 4.79 Å². The molecule has 0 aromatic heterocycles. The van der Waals surface area contributed by atoms with Gasteiger partial charge in [0.1, 0.15) is 5.41 Å². The Labute approximate surface area is 104 Å². The molecule has 1 rings (SSSR count). The van der Waals surface area contributed by atoms with Crippen molar-refractivity contribution in [1.29, 1.82) is 5.26 Å². The highest BCUT2D eigenvalue weighted by Gasteiger charge is 2.44. The third-order valence-electron chi connectivity index (χ3n) is 3.72. The zero-order valence-corrected chi connectivity index (χ0v) is 11.2. The van der Waals surface area contributed by atoms with Crippen LogP contribution in [0, 0.1) is 16.7 Å². The van der Waals surface area contributed by atoms with Gasteiger partial charge in [-0.1, -0.05) is 13.8 Å². The van der Waals surface area contributed by atoms with E-state index in [1.54, 1.807) is 0 Å². The lowest BCUT2D eigenvalue weighted by Gasteiger charge is -2.45. The van der Waals surface area contributed by atoms with Gasteiger partial charge in [0.05, 0.1) is 24.8 Å². The zero-order valence-electron chi connectivity index (χ0n) is 11.2. The maximum atomic E-state index is 12.6. The molecule has 1 heterocycles. The van der Waals surface area contributed by atoms with Crippen LogP contribution in [0.15, 0.2) is 0 Å². The minimum atomic E-state index is -0.866. The molecule has 0 aromatic carbocycles. The number of carbonyl (C=O) groups is 1. The molecule has 0 radical (unpaired) electrons. The van der Waals surface area contributed by atoms with Gasteiger partial charge in [-0.05, 0) is 26.7 Å². The molecule has 0 spiro atoms. The Bertz CT molecular complexity index is 327. The number of carbonyl (C=O) groups excluding carboxylic acids is 1. The normalized spacial score (nSPS) is 19.8. The van der Waals surface area contributed by atoms with E-state index in [1.165, 1.54) is 0 Å². The van der Waals surface area contributed by atoms with Gasteiger partial charge < -0.3 is 9.64 Å². The van der Waals surface area contributed by atoms with Crippen molar-refractivity contribution >= 4 is 5.91 Å². The fourth-order valence-corrected chi connectivity index (χ4v) is 2.25. The fraction of sp³-hybridized carbons (Fsp3) is 0.846. The molecule has 1 aliphatic rings. The second-order valence-corrected chi connectivity index (χ2v) is 5.22. The summed E-state index contributed by atoms with van der Waals surface area (Å²) in [6, 6.07) is 2.22. The number of nitrogens with zero attached hydrogens (tertiary/aromatic N) is 2. The molecule has 0 aliphatic carbocycles. The van der Waals surface area contributed by atoms with Gasteiger partial charge in [0, 0.05) is 6.54 Å². The van der Waals surface area contributed by atoms with Crippen LogP contribution in [0.1, 0.15) is 40.5 Å². The number of rotatable bonds is 3. The molecule has 96 valence electrons. The molecule has 0 aromatic rings. The van der Waals surface area contributed by atoms with E-state index in [2.05, 4.69) is 6.07 Å². The summed E-state index contributed by atoms with van der Waals surface area (Å²) < 4.78 is 5.40. The van der Waals surface area contributed by atoms with Gasteiger partial charge in [0.25, 0.3) is 0 Å². The summed E-state index contributed by atoms with van der Waals surface area (Å²) in [6.07, 6.45) is 1.12. The van der Waals surface area contributed by atoms with Gasteiger partial charge in [0.2, 0.25) is 5.91 Å². The standard InChI is InChI=1S/C13H22N2O2/c1-5-13(6-2,9-14)11(16)15-7-8-17-10-12(15,3)4/h5-8,10H2,1-4H3. The van der Waals surface area contributed by atoms with Gasteiger partial charge in [-0.2, -0.15) is 5.26 Å². The maximum absolute atomic E-state index is 12.6. The second kappa shape index (κ2) is 5.05. The maximum Gasteiger partial charge on any atom is 0.243 e. The first kappa shape index (κ1) is 14.0. The highest BCUT2D eigenvalue weighted by atomic mass is 16.5. The van der Waals surface area contributed by atoms with Crippen molar-refractivity contribution in [2.45, 2.75) is 46.1 Å². The molecular weight excluding hydrogens is 216 g/mol. The first-order valence-corrected chi connectivity index (χ1v) is 6.24. The third kappa shape index (κ3) is 2.44. The van der Waals surface area contributed by atoms with Gasteiger partial charge >= 0.3 is 0 Å². The summed E-state index contributed by atoms with van der Waals surface area (Å²) >= 11 is 0. The summed E-state index contributed by atoms with van der Waals surface area (Å²) in [5.41, 5.74) is -1.18. The summed E-state index contributed by atoms with van der Waals surface area (Å²) in [6.45, 7) is 9.44. The monoisotopic (exact) mass is 238 g/mol. The number of ether oxygens (including phenoxy) is 1. The van der Waals surface area contributed by atoms with Crippen LogP contribution >= 0.6 is 0 Å². The van der Waals surface area contributed by atoms with Crippen LogP contribution in [0.5, 0.6) is 0 Å². The summed E-state index contributed by atoms with van der Waals surface area (Å²) in [5.74, 6) is -0.0432. The number of amides is 1. The van der Waals surface area contributed by atoms with E-state index in [4.69, 9.17) is 4.74 Å². The van der Waals surface area contributed by atoms with Crippen LogP contribution in [0.3, 0.4) is 0 Å². The van der Waals surface area contributed by atoms with Crippen molar-refractivity contribution in [3.63, 3.8) is 0 Å². The lowest BCUT2D eigenvalue weighted by atomic mass is 9.81. The number of hydrogen-bond donors (Lipinski definition) is 0. The predicted molar refractivity (Wildman–Crippen MR) is 65.2 cm³/mol. The highest BCUT2D eigenvalue weighted by molar-refractivity contribution is 5.86. The van der Waals surface area contributed by atoms with Crippen molar-refractivity contribution in [2.75, 3.05) is 19.8 Å². The van der Waals surface area contributed by atoms with Crippen molar-refractivity contribution < 1.29 is 9.53 Å². The molecule has 4 heteroatoms. The Morgan fingerprint density at radius 1 is 1.47 bits per heavy atom. The highest BCUT2D eigenvalue weighted by Crippen LogP contribution is 2.32. The molecule has 1 aliphatic heterocycles. The molecule has 0 bridgehead atoms. The zero-order chi connectivity index (χ0) is 13.1. The Hall–Kier alpha value is -1.08. The minimum absolute atomic E-state index is 0.0432. The quantitative estimate of drug-likeness (QED) is 0.755. The molecule has 1 fully saturated rings. The second-order valence-electron chi connectivity index (χ2n) is 5.22. The number of morpholine rings is 1. The summed E-state index contributed by atoms with van der Waals surface area (Å²) in [7, 11) is 0. The first-order chi connectivity index (χ1) is 7.93. The van der Waals surface area contributed by atoms with Crippen molar-refractivity contribution in [3.05, 3.63) is 0 Å². The molecular formula is C13H22N2O2. The molecule has 0 unspecified atom stereocenters. The van der Waals surface area contributed by atoms with E-state index in [0.29, 0.717) is 32.6 Å². The Morgan fingerprint density at radius 3 is 2.47 bits per heavy atom. The van der Waals surface area contributed by atoms with E-state index in [1.807, 2.05) is 32.6 Å². The van der Waals surface area contributed by atoms with E-state index >= 15 is 0 Å². The molecule has 0 atom stereocenters. The first-order valence-electron chi connectivity index (χ1n) is 6.24. The average molecular weight is 238 g/mol. The fourth-order valence-electron chi connectivity index (χ4n) is 2.25. The van der Waals surface area contributed by atoms with Gasteiger partial charge in [-0.25, -0.2) is 0 Å². The topological polar surface area (TPSA) is 53.3 Å². The molecule has 1 amide bonds. The Kier molecular flexibility index (Phi) is 4.16. The summed E-state index contributed by atoms with van der Waals surface area (Å²) in [5, 5.41) is 9.32. The van der Waals surface area contributed by atoms with E-state index in [9.17, 15) is 10.1 Å². The Morgan fingerprint density at radius 2 is 2.06 bits per heavy atom. The SMILES string of the molecule is CCC(C#N)(CC)C(=O)N1CCOCC1(C)C. The van der Waals surface area contributed by atoms with E-state index in [-0.39, 0.29) is 11.4 Å². The van der Waals surface area contributed by atoms with Crippen LogP contribution in [-0.4, -0.2) is 36.1 Å². The summed E-state index contributed by atoms with van der Waals surface area (Å²) in [4.78, 5) is 14.4. The predicted octanol–water partition coefficient (Wildman–Crippen LogP) is 1.95. The van der Waals surface area contributed by atoms with Crippen molar-refractivity contribution in [1.82, 2.24) is 4.90 Å². The number of hydrogen-bond acceptors (Lipinski definition) is 3.